The van der Waals surface area contributed by atoms with Crippen molar-refractivity contribution in [2.45, 2.75) is 19.5 Å². The summed E-state index contributed by atoms with van der Waals surface area (Å²) in [5, 5.41) is 3.50. The number of likely N-dealkylation sites (tertiary alicyclic amines) is 1. The molecule has 3 aromatic rings. The smallest absolute Gasteiger partial charge is 0.408 e. The Morgan fingerprint density at radius 3 is 2.85 bits per heavy atom. The summed E-state index contributed by atoms with van der Waals surface area (Å²) in [6, 6.07) is 14.6. The Morgan fingerprint density at radius 2 is 2.04 bits per heavy atom. The normalized spacial score (nSPS) is 17.9. The van der Waals surface area contributed by atoms with E-state index in [1.165, 1.54) is 0 Å². The Labute approximate surface area is 161 Å². The first-order valence-electron chi connectivity index (χ1n) is 8.97. The number of aromatic nitrogens is 1. The number of benzene rings is 2. The first-order chi connectivity index (χ1) is 13.1. The molecule has 1 atom stereocenters. The van der Waals surface area contributed by atoms with Gasteiger partial charge < -0.3 is 9.73 Å². The lowest BCUT2D eigenvalue weighted by molar-refractivity contribution is -0.121. The van der Waals surface area contributed by atoms with Gasteiger partial charge in [-0.05, 0) is 43.7 Å². The Hall–Kier alpha value is -2.57. The molecule has 1 aromatic heterocycles. The van der Waals surface area contributed by atoms with E-state index in [1.807, 2.05) is 30.3 Å². The van der Waals surface area contributed by atoms with E-state index in [0.29, 0.717) is 29.3 Å². The number of piperidine rings is 1. The number of carbonyl (C=O) groups is 1. The minimum absolute atomic E-state index is 0.0158. The highest BCUT2D eigenvalue weighted by Crippen LogP contribution is 2.22. The fourth-order valence-electron chi connectivity index (χ4n) is 3.54. The van der Waals surface area contributed by atoms with E-state index in [1.54, 1.807) is 22.8 Å². The van der Waals surface area contributed by atoms with E-state index in [2.05, 4.69) is 10.2 Å². The number of anilines is 1. The highest BCUT2D eigenvalue weighted by atomic mass is 35.5. The number of carbonyl (C=O) groups excluding carboxylic acids is 1. The van der Waals surface area contributed by atoms with E-state index in [-0.39, 0.29) is 11.8 Å². The van der Waals surface area contributed by atoms with Crippen LogP contribution in [-0.2, 0) is 11.5 Å². The second-order valence-electron chi connectivity index (χ2n) is 6.82. The number of fused-ring (bicyclic) bond motifs is 1. The molecule has 7 heteroatoms. The van der Waals surface area contributed by atoms with Crippen LogP contribution < -0.4 is 11.1 Å². The minimum Gasteiger partial charge on any atom is -0.408 e. The first-order valence-corrected chi connectivity index (χ1v) is 9.35. The maximum Gasteiger partial charge on any atom is 0.421 e. The van der Waals surface area contributed by atoms with Crippen LogP contribution in [0.4, 0.5) is 5.69 Å². The monoisotopic (exact) mass is 385 g/mol. The quantitative estimate of drug-likeness (QED) is 0.745. The van der Waals surface area contributed by atoms with Gasteiger partial charge in [-0.25, -0.2) is 4.79 Å². The molecule has 0 bridgehead atoms. The predicted molar refractivity (Wildman–Crippen MR) is 105 cm³/mol. The molecule has 4 rings (SSSR count). The molecule has 0 spiro atoms. The molecule has 1 N–H and O–H groups in total. The fraction of sp³-hybridized carbons (Fsp3) is 0.300. The van der Waals surface area contributed by atoms with Crippen molar-refractivity contribution in [1.82, 2.24) is 9.47 Å². The van der Waals surface area contributed by atoms with Gasteiger partial charge in [-0.2, -0.15) is 0 Å². The molecule has 2 heterocycles. The summed E-state index contributed by atoms with van der Waals surface area (Å²) in [6.45, 7) is 1.83. The summed E-state index contributed by atoms with van der Waals surface area (Å²) in [5.74, 6) is -0.507. The largest absolute Gasteiger partial charge is 0.421 e. The van der Waals surface area contributed by atoms with Crippen molar-refractivity contribution < 1.29 is 9.21 Å². The summed E-state index contributed by atoms with van der Waals surface area (Å²) < 4.78 is 6.88. The molecule has 0 aliphatic carbocycles. The lowest BCUT2D eigenvalue weighted by Gasteiger charge is -2.31. The standard InChI is InChI=1S/C20H20ClN3O3/c21-15-8-9-17-18(11-15)27-20(26)24(17)13-23-10-4-5-14(12-23)19(25)22-16-6-2-1-3-7-16/h1-3,6-9,11,14H,4-5,10,12-13H2,(H,22,25)/t14-/m0/s1. The molecule has 140 valence electrons. The van der Waals surface area contributed by atoms with Crippen molar-refractivity contribution in [3.8, 4) is 0 Å². The molecule has 1 saturated heterocycles. The van der Waals surface area contributed by atoms with Crippen LogP contribution in [0.2, 0.25) is 5.02 Å². The molecule has 0 unspecified atom stereocenters. The summed E-state index contributed by atoms with van der Waals surface area (Å²) in [4.78, 5) is 26.9. The molecule has 27 heavy (non-hydrogen) atoms. The zero-order chi connectivity index (χ0) is 18.8. The average Bonchev–Trinajstić information content (AvgIpc) is 2.97. The van der Waals surface area contributed by atoms with Gasteiger partial charge in [0.05, 0.1) is 18.1 Å². The van der Waals surface area contributed by atoms with Gasteiger partial charge in [0.1, 0.15) is 0 Å². The molecule has 6 nitrogen and oxygen atoms in total. The van der Waals surface area contributed by atoms with Crippen molar-refractivity contribution in [2.24, 2.45) is 5.92 Å². The van der Waals surface area contributed by atoms with E-state index in [4.69, 9.17) is 16.0 Å². The number of para-hydroxylation sites is 1. The number of oxazole rings is 1. The Morgan fingerprint density at radius 1 is 1.22 bits per heavy atom. The van der Waals surface area contributed by atoms with E-state index < -0.39 is 5.76 Å². The number of rotatable bonds is 4. The minimum atomic E-state index is -0.414. The summed E-state index contributed by atoms with van der Waals surface area (Å²) >= 11 is 5.97. The van der Waals surface area contributed by atoms with Gasteiger partial charge in [0.15, 0.2) is 5.58 Å². The highest BCUT2D eigenvalue weighted by molar-refractivity contribution is 6.31. The third-order valence-corrected chi connectivity index (χ3v) is 5.12. The van der Waals surface area contributed by atoms with Crippen molar-refractivity contribution in [3.05, 3.63) is 64.1 Å². The molecule has 1 aliphatic heterocycles. The lowest BCUT2D eigenvalue weighted by atomic mass is 9.97. The number of halogens is 1. The van der Waals surface area contributed by atoms with Crippen LogP contribution in [0.5, 0.6) is 0 Å². The van der Waals surface area contributed by atoms with Gasteiger partial charge in [-0.3, -0.25) is 14.3 Å². The van der Waals surface area contributed by atoms with Crippen molar-refractivity contribution in [3.63, 3.8) is 0 Å². The molecule has 1 amide bonds. The van der Waals surface area contributed by atoms with Crippen LogP contribution in [0.15, 0.2) is 57.7 Å². The van der Waals surface area contributed by atoms with Crippen LogP contribution in [-0.4, -0.2) is 28.5 Å². The second-order valence-corrected chi connectivity index (χ2v) is 7.26. The van der Waals surface area contributed by atoms with Gasteiger partial charge in [-0.15, -0.1) is 0 Å². The zero-order valence-electron chi connectivity index (χ0n) is 14.7. The van der Waals surface area contributed by atoms with Gasteiger partial charge >= 0.3 is 5.76 Å². The number of nitrogens with one attached hydrogen (secondary N) is 1. The molecular formula is C20H20ClN3O3. The molecule has 0 radical (unpaired) electrons. The number of hydrogen-bond donors (Lipinski definition) is 1. The van der Waals surface area contributed by atoms with Gasteiger partial charge in [0.2, 0.25) is 5.91 Å². The Kier molecular flexibility index (Phi) is 5.01. The maximum atomic E-state index is 12.6. The van der Waals surface area contributed by atoms with Crippen LogP contribution >= 0.6 is 11.6 Å². The van der Waals surface area contributed by atoms with Crippen LogP contribution in [0, 0.1) is 5.92 Å². The van der Waals surface area contributed by atoms with E-state index in [9.17, 15) is 9.59 Å². The Balaban J connectivity index is 1.47. The van der Waals surface area contributed by atoms with E-state index in [0.717, 1.165) is 25.1 Å². The molecule has 1 aliphatic rings. The summed E-state index contributed by atoms with van der Waals surface area (Å²) in [5.41, 5.74) is 1.98. The lowest BCUT2D eigenvalue weighted by Crippen LogP contribution is -2.42. The van der Waals surface area contributed by atoms with Crippen molar-refractivity contribution in [1.29, 1.82) is 0 Å². The third kappa shape index (κ3) is 3.91. The average molecular weight is 386 g/mol. The zero-order valence-corrected chi connectivity index (χ0v) is 15.5. The molecular weight excluding hydrogens is 366 g/mol. The van der Waals surface area contributed by atoms with Gasteiger partial charge in [-0.1, -0.05) is 29.8 Å². The van der Waals surface area contributed by atoms with Gasteiger partial charge in [0.25, 0.3) is 0 Å². The van der Waals surface area contributed by atoms with Crippen LogP contribution in [0.3, 0.4) is 0 Å². The number of amides is 1. The first kappa shape index (κ1) is 17.8. The van der Waals surface area contributed by atoms with Gasteiger partial charge in [0, 0.05) is 23.3 Å². The molecule has 0 saturated carbocycles. The van der Waals surface area contributed by atoms with E-state index >= 15 is 0 Å². The number of nitrogens with zero attached hydrogens (tertiary/aromatic N) is 2. The van der Waals surface area contributed by atoms with Crippen LogP contribution in [0.25, 0.3) is 11.1 Å². The van der Waals surface area contributed by atoms with Crippen molar-refractivity contribution >= 4 is 34.3 Å². The SMILES string of the molecule is O=C(Nc1ccccc1)[C@H]1CCCN(Cn2c(=O)oc3cc(Cl)ccc32)C1. The third-order valence-electron chi connectivity index (χ3n) is 4.89. The second kappa shape index (κ2) is 7.58. The summed E-state index contributed by atoms with van der Waals surface area (Å²) in [7, 11) is 0. The fourth-order valence-corrected chi connectivity index (χ4v) is 3.70. The Bertz CT molecular complexity index is 1010. The molecule has 1 fully saturated rings. The number of hydrogen-bond acceptors (Lipinski definition) is 4. The maximum absolute atomic E-state index is 12.6. The predicted octanol–water partition coefficient (Wildman–Crippen LogP) is 3.56. The summed E-state index contributed by atoms with van der Waals surface area (Å²) in [6.07, 6.45) is 1.75. The topological polar surface area (TPSA) is 67.5 Å². The molecule has 2 aromatic carbocycles. The van der Waals surface area contributed by atoms with Crippen molar-refractivity contribution in [2.75, 3.05) is 18.4 Å². The highest BCUT2D eigenvalue weighted by Gasteiger charge is 2.26. The van der Waals surface area contributed by atoms with Crippen LogP contribution in [0.1, 0.15) is 12.8 Å².